The van der Waals surface area contributed by atoms with Gasteiger partial charge < -0.3 is 10.1 Å². The summed E-state index contributed by atoms with van der Waals surface area (Å²) in [5.41, 5.74) is 0.160. The fourth-order valence-corrected chi connectivity index (χ4v) is 2.47. The molecule has 1 aromatic carbocycles. The highest BCUT2D eigenvalue weighted by molar-refractivity contribution is 7.89. The molecule has 3 N–H and O–H groups in total. The molecule has 0 fully saturated rings. The highest BCUT2D eigenvalue weighted by atomic mass is 32.2. The van der Waals surface area contributed by atoms with Crippen LogP contribution in [0.15, 0.2) is 23.1 Å². The number of amides is 1. The van der Waals surface area contributed by atoms with Crippen LogP contribution >= 0.6 is 0 Å². The third-order valence-corrected chi connectivity index (χ3v) is 4.02. The SMILES string of the molecule is CCCCC(C)NC(=O)c1cc(S(N)(=O)=O)ccc1OC. The van der Waals surface area contributed by atoms with Crippen molar-refractivity contribution in [2.45, 2.75) is 44.0 Å². The number of sulfonamides is 1. The van der Waals surface area contributed by atoms with Gasteiger partial charge in [-0.15, -0.1) is 0 Å². The van der Waals surface area contributed by atoms with Crippen molar-refractivity contribution in [2.24, 2.45) is 5.14 Å². The first-order chi connectivity index (χ1) is 9.79. The summed E-state index contributed by atoms with van der Waals surface area (Å²) in [7, 11) is -2.44. The first kappa shape index (κ1) is 17.5. The van der Waals surface area contributed by atoms with Crippen LogP contribution in [-0.4, -0.2) is 27.5 Å². The van der Waals surface area contributed by atoms with Crippen LogP contribution in [0.25, 0.3) is 0 Å². The van der Waals surface area contributed by atoms with Gasteiger partial charge >= 0.3 is 0 Å². The van der Waals surface area contributed by atoms with E-state index < -0.39 is 10.0 Å². The number of nitrogens with two attached hydrogens (primary N) is 1. The van der Waals surface area contributed by atoms with Gasteiger partial charge in [-0.1, -0.05) is 19.8 Å². The van der Waals surface area contributed by atoms with Crippen molar-refractivity contribution in [1.29, 1.82) is 0 Å². The highest BCUT2D eigenvalue weighted by Gasteiger charge is 2.18. The summed E-state index contributed by atoms with van der Waals surface area (Å²) in [6.07, 6.45) is 2.92. The van der Waals surface area contributed by atoms with Gasteiger partial charge in [-0.25, -0.2) is 13.6 Å². The first-order valence-corrected chi connectivity index (χ1v) is 8.36. The Bertz CT molecular complexity index is 599. The quantitative estimate of drug-likeness (QED) is 0.799. The average molecular weight is 314 g/mol. The molecule has 0 aliphatic heterocycles. The standard InChI is InChI=1S/C14H22N2O4S/c1-4-5-6-10(2)16-14(17)12-9-11(21(15,18)19)7-8-13(12)20-3/h7-10H,4-6H2,1-3H3,(H,16,17)(H2,15,18,19). The number of ether oxygens (including phenoxy) is 1. The normalized spacial score (nSPS) is 12.8. The molecule has 0 saturated heterocycles. The monoisotopic (exact) mass is 314 g/mol. The van der Waals surface area contributed by atoms with Gasteiger partial charge in [-0.3, -0.25) is 4.79 Å². The van der Waals surface area contributed by atoms with E-state index in [-0.39, 0.29) is 22.4 Å². The Labute approximate surface area is 125 Å². The Morgan fingerprint density at radius 3 is 2.62 bits per heavy atom. The number of unbranched alkanes of at least 4 members (excludes halogenated alkanes) is 1. The number of hydrogen-bond donors (Lipinski definition) is 2. The molecule has 6 nitrogen and oxygen atoms in total. The van der Waals surface area contributed by atoms with Crippen LogP contribution in [0.5, 0.6) is 5.75 Å². The molecule has 0 radical (unpaired) electrons. The van der Waals surface area contributed by atoms with E-state index in [0.717, 1.165) is 19.3 Å². The lowest BCUT2D eigenvalue weighted by Gasteiger charge is -2.15. The zero-order valence-corrected chi connectivity index (χ0v) is 13.4. The molecule has 1 unspecified atom stereocenters. The second-order valence-electron chi connectivity index (χ2n) is 4.92. The minimum absolute atomic E-state index is 0.000274. The Morgan fingerprint density at radius 2 is 2.10 bits per heavy atom. The van der Waals surface area contributed by atoms with Crippen LogP contribution in [0.4, 0.5) is 0 Å². The minimum atomic E-state index is -3.86. The van der Waals surface area contributed by atoms with E-state index in [0.29, 0.717) is 5.75 Å². The summed E-state index contributed by atoms with van der Waals surface area (Å²) in [4.78, 5) is 12.1. The van der Waals surface area contributed by atoms with E-state index in [1.807, 2.05) is 6.92 Å². The van der Waals surface area contributed by atoms with Gasteiger partial charge in [-0.05, 0) is 31.5 Å². The maximum Gasteiger partial charge on any atom is 0.255 e. The van der Waals surface area contributed by atoms with Crippen molar-refractivity contribution in [3.05, 3.63) is 23.8 Å². The second kappa shape index (κ2) is 7.42. The van der Waals surface area contributed by atoms with Crippen LogP contribution in [-0.2, 0) is 10.0 Å². The molecule has 21 heavy (non-hydrogen) atoms. The Morgan fingerprint density at radius 1 is 1.43 bits per heavy atom. The number of rotatable bonds is 7. The molecule has 0 aliphatic rings. The number of hydrogen-bond acceptors (Lipinski definition) is 4. The van der Waals surface area contributed by atoms with Gasteiger partial charge in [-0.2, -0.15) is 0 Å². The maximum absolute atomic E-state index is 12.3. The van der Waals surface area contributed by atoms with E-state index in [1.54, 1.807) is 0 Å². The van der Waals surface area contributed by atoms with Gasteiger partial charge in [0.15, 0.2) is 0 Å². The molecule has 1 aromatic rings. The lowest BCUT2D eigenvalue weighted by Crippen LogP contribution is -2.32. The molecule has 0 heterocycles. The van der Waals surface area contributed by atoms with E-state index in [1.165, 1.54) is 25.3 Å². The number of benzene rings is 1. The molecule has 1 atom stereocenters. The topological polar surface area (TPSA) is 98.5 Å². The summed E-state index contributed by atoms with van der Waals surface area (Å²) in [6.45, 7) is 3.98. The van der Waals surface area contributed by atoms with Gasteiger partial charge in [0.25, 0.3) is 5.91 Å². The van der Waals surface area contributed by atoms with Crippen molar-refractivity contribution >= 4 is 15.9 Å². The summed E-state index contributed by atoms with van der Waals surface area (Å²) in [5.74, 6) is -0.0662. The Balaban J connectivity index is 3.01. The number of carbonyl (C=O) groups is 1. The van der Waals surface area contributed by atoms with E-state index in [4.69, 9.17) is 9.88 Å². The van der Waals surface area contributed by atoms with Crippen molar-refractivity contribution in [1.82, 2.24) is 5.32 Å². The van der Waals surface area contributed by atoms with E-state index in [9.17, 15) is 13.2 Å². The average Bonchev–Trinajstić information content (AvgIpc) is 2.43. The molecular formula is C14H22N2O4S. The number of carbonyl (C=O) groups excluding carboxylic acids is 1. The lowest BCUT2D eigenvalue weighted by molar-refractivity contribution is 0.0934. The second-order valence-corrected chi connectivity index (χ2v) is 6.49. The number of primary sulfonamides is 1. The molecule has 0 bridgehead atoms. The zero-order chi connectivity index (χ0) is 16.0. The summed E-state index contributed by atoms with van der Waals surface area (Å²) in [6, 6.07) is 3.97. The molecule has 0 saturated carbocycles. The lowest BCUT2D eigenvalue weighted by atomic mass is 10.1. The summed E-state index contributed by atoms with van der Waals surface area (Å²) >= 11 is 0. The molecule has 1 rings (SSSR count). The predicted molar refractivity (Wildman–Crippen MR) is 80.8 cm³/mol. The third-order valence-electron chi connectivity index (χ3n) is 3.11. The smallest absolute Gasteiger partial charge is 0.255 e. The van der Waals surface area contributed by atoms with Crippen LogP contribution in [0.1, 0.15) is 43.5 Å². The number of nitrogens with one attached hydrogen (secondary N) is 1. The van der Waals surface area contributed by atoms with Gasteiger partial charge in [0.05, 0.1) is 17.6 Å². The van der Waals surface area contributed by atoms with Gasteiger partial charge in [0, 0.05) is 6.04 Å². The Hall–Kier alpha value is -1.60. The summed E-state index contributed by atoms with van der Waals surface area (Å²) in [5, 5.41) is 7.91. The predicted octanol–water partition coefficient (Wildman–Crippen LogP) is 1.65. The van der Waals surface area contributed by atoms with Crippen molar-refractivity contribution in [3.8, 4) is 5.75 Å². The molecular weight excluding hydrogens is 292 g/mol. The van der Waals surface area contributed by atoms with E-state index in [2.05, 4.69) is 12.2 Å². The molecule has 118 valence electrons. The molecule has 0 aromatic heterocycles. The molecule has 7 heteroatoms. The highest BCUT2D eigenvalue weighted by Crippen LogP contribution is 2.22. The van der Waals surface area contributed by atoms with Crippen LogP contribution < -0.4 is 15.2 Å². The maximum atomic E-state index is 12.3. The Kier molecular flexibility index (Phi) is 6.17. The third kappa shape index (κ3) is 5.02. The fourth-order valence-electron chi connectivity index (χ4n) is 1.93. The van der Waals surface area contributed by atoms with Crippen LogP contribution in [0.3, 0.4) is 0 Å². The fraction of sp³-hybridized carbons (Fsp3) is 0.500. The van der Waals surface area contributed by atoms with Crippen molar-refractivity contribution in [3.63, 3.8) is 0 Å². The van der Waals surface area contributed by atoms with E-state index >= 15 is 0 Å². The minimum Gasteiger partial charge on any atom is -0.496 e. The van der Waals surface area contributed by atoms with Crippen molar-refractivity contribution in [2.75, 3.05) is 7.11 Å². The zero-order valence-electron chi connectivity index (χ0n) is 12.5. The summed E-state index contributed by atoms with van der Waals surface area (Å²) < 4.78 is 27.9. The number of methoxy groups -OCH3 is 1. The largest absolute Gasteiger partial charge is 0.496 e. The molecule has 0 spiro atoms. The van der Waals surface area contributed by atoms with Crippen molar-refractivity contribution < 1.29 is 17.9 Å². The van der Waals surface area contributed by atoms with Crippen LogP contribution in [0, 0.1) is 0 Å². The van der Waals surface area contributed by atoms with Gasteiger partial charge in [0.1, 0.15) is 5.75 Å². The van der Waals surface area contributed by atoms with Crippen LogP contribution in [0.2, 0.25) is 0 Å². The molecule has 1 amide bonds. The molecule has 0 aliphatic carbocycles. The first-order valence-electron chi connectivity index (χ1n) is 6.81. The van der Waals surface area contributed by atoms with Gasteiger partial charge in [0.2, 0.25) is 10.0 Å².